The van der Waals surface area contributed by atoms with Crippen molar-refractivity contribution in [3.63, 3.8) is 0 Å². The molecule has 6 nitrogen and oxygen atoms in total. The van der Waals surface area contributed by atoms with Crippen LogP contribution in [0.4, 0.5) is 5.69 Å². The molecule has 0 N–H and O–H groups in total. The first-order valence-electron chi connectivity index (χ1n) is 7.87. The molecule has 0 saturated heterocycles. The maximum Gasteiger partial charge on any atom is 0.368 e. The van der Waals surface area contributed by atoms with Crippen LogP contribution in [-0.4, -0.2) is 16.6 Å². The Balaban J connectivity index is 1.83. The molecule has 0 aliphatic carbocycles. The summed E-state index contributed by atoms with van der Waals surface area (Å²) in [6, 6.07) is 19.5. The first kappa shape index (κ1) is 15.7. The molecule has 126 valence electrons. The highest BCUT2D eigenvalue weighted by Crippen LogP contribution is 2.27. The van der Waals surface area contributed by atoms with Gasteiger partial charge in [0.25, 0.3) is 5.69 Å². The lowest BCUT2D eigenvalue weighted by atomic mass is 9.95. The van der Waals surface area contributed by atoms with Crippen LogP contribution in [0.15, 0.2) is 77.5 Å². The zero-order valence-corrected chi connectivity index (χ0v) is 13.5. The minimum absolute atomic E-state index is 0.0469. The highest BCUT2D eigenvalue weighted by Gasteiger charge is 2.28. The molecule has 1 aliphatic heterocycles. The number of nitrogens with zero attached hydrogens (tertiary/aromatic N) is 2. The average molecular weight is 344 g/mol. The van der Waals surface area contributed by atoms with Crippen molar-refractivity contribution in [3.05, 3.63) is 93.5 Å². The largest absolute Gasteiger partial charge is 0.368 e. The van der Waals surface area contributed by atoms with E-state index in [4.69, 9.17) is 4.84 Å². The Hall–Kier alpha value is -3.80. The second kappa shape index (κ2) is 6.25. The summed E-state index contributed by atoms with van der Waals surface area (Å²) < 4.78 is 0. The fourth-order valence-electron chi connectivity index (χ4n) is 2.93. The number of nitro benzene ring substituents is 1. The lowest BCUT2D eigenvalue weighted by Gasteiger charge is -2.06. The second-order valence-electron chi connectivity index (χ2n) is 5.76. The van der Waals surface area contributed by atoms with E-state index in [2.05, 4.69) is 5.16 Å². The van der Waals surface area contributed by atoms with Crippen LogP contribution in [-0.2, 0) is 9.63 Å². The third-order valence-electron chi connectivity index (χ3n) is 4.13. The number of fused-ring (bicyclic) bond motifs is 1. The summed E-state index contributed by atoms with van der Waals surface area (Å²) in [5.74, 6) is -0.584. The molecule has 0 aromatic heterocycles. The Labute approximate surface area is 148 Å². The molecular formula is C20H12N2O4. The number of carbonyl (C=O) groups is 1. The lowest BCUT2D eigenvalue weighted by molar-refractivity contribution is -0.384. The van der Waals surface area contributed by atoms with Gasteiger partial charge in [-0.2, -0.15) is 0 Å². The zero-order chi connectivity index (χ0) is 18.1. The van der Waals surface area contributed by atoms with Crippen LogP contribution in [0.3, 0.4) is 0 Å². The Morgan fingerprint density at radius 2 is 1.77 bits per heavy atom. The molecule has 1 heterocycles. The van der Waals surface area contributed by atoms with Gasteiger partial charge in [-0.25, -0.2) is 4.79 Å². The van der Waals surface area contributed by atoms with Gasteiger partial charge >= 0.3 is 5.97 Å². The van der Waals surface area contributed by atoms with Crippen molar-refractivity contribution >= 4 is 34.2 Å². The van der Waals surface area contributed by atoms with Crippen LogP contribution in [0.25, 0.3) is 16.8 Å². The van der Waals surface area contributed by atoms with E-state index in [0.29, 0.717) is 11.3 Å². The van der Waals surface area contributed by atoms with Crippen LogP contribution in [0.2, 0.25) is 0 Å². The fraction of sp³-hybridized carbons (Fsp3) is 0. The van der Waals surface area contributed by atoms with Gasteiger partial charge in [-0.1, -0.05) is 59.8 Å². The van der Waals surface area contributed by atoms with E-state index in [1.807, 2.05) is 42.5 Å². The summed E-state index contributed by atoms with van der Waals surface area (Å²) in [6.07, 6.45) is 1.56. The van der Waals surface area contributed by atoms with E-state index in [1.54, 1.807) is 18.2 Å². The Bertz CT molecular complexity index is 1110. The monoisotopic (exact) mass is 344 g/mol. The molecule has 6 heteroatoms. The molecule has 0 unspecified atom stereocenters. The van der Waals surface area contributed by atoms with Gasteiger partial charge in [-0.15, -0.1) is 0 Å². The normalized spacial score (nSPS) is 15.2. The van der Waals surface area contributed by atoms with Crippen LogP contribution >= 0.6 is 0 Å². The Kier molecular flexibility index (Phi) is 3.78. The summed E-state index contributed by atoms with van der Waals surface area (Å²) in [7, 11) is 0. The number of rotatable bonds is 3. The predicted octanol–water partition coefficient (Wildman–Crippen LogP) is 4.09. The smallest absolute Gasteiger partial charge is 0.312 e. The first-order valence-corrected chi connectivity index (χ1v) is 7.87. The lowest BCUT2D eigenvalue weighted by Crippen LogP contribution is -2.07. The minimum Gasteiger partial charge on any atom is -0.312 e. The quantitative estimate of drug-likeness (QED) is 0.310. The standard InChI is InChI=1S/C20H12N2O4/c23-20-18(12-13-5-3-8-15(11-13)22(24)25)19(21-26-20)17-10-4-7-14-6-1-2-9-16(14)17/h1-12H. The molecular weight excluding hydrogens is 332 g/mol. The van der Waals surface area contributed by atoms with Crippen LogP contribution < -0.4 is 0 Å². The van der Waals surface area contributed by atoms with E-state index in [9.17, 15) is 14.9 Å². The molecule has 0 radical (unpaired) electrons. The number of non-ortho nitro benzene ring substituents is 1. The molecule has 0 atom stereocenters. The van der Waals surface area contributed by atoms with Gasteiger partial charge in [0.05, 0.1) is 10.5 Å². The number of hydrogen-bond donors (Lipinski definition) is 0. The molecule has 0 fully saturated rings. The SMILES string of the molecule is O=C1ON=C(c2cccc3ccccc23)C1=Cc1cccc([N+](=O)[O-])c1. The predicted molar refractivity (Wildman–Crippen MR) is 97.7 cm³/mol. The summed E-state index contributed by atoms with van der Waals surface area (Å²) in [4.78, 5) is 27.5. The number of hydrogen-bond acceptors (Lipinski definition) is 5. The number of oxime groups is 1. The molecule has 0 saturated carbocycles. The summed E-state index contributed by atoms with van der Waals surface area (Å²) >= 11 is 0. The third kappa shape index (κ3) is 2.73. The van der Waals surface area contributed by atoms with Crippen molar-refractivity contribution in [3.8, 4) is 0 Å². The highest BCUT2D eigenvalue weighted by molar-refractivity contribution is 6.33. The van der Waals surface area contributed by atoms with E-state index in [-0.39, 0.29) is 11.3 Å². The maximum absolute atomic E-state index is 12.2. The topological polar surface area (TPSA) is 81.8 Å². The van der Waals surface area contributed by atoms with Crippen LogP contribution in [0, 0.1) is 10.1 Å². The minimum atomic E-state index is -0.584. The van der Waals surface area contributed by atoms with Gasteiger partial charge in [0.2, 0.25) is 0 Å². The zero-order valence-electron chi connectivity index (χ0n) is 13.5. The summed E-state index contributed by atoms with van der Waals surface area (Å²) in [6.45, 7) is 0. The first-order chi connectivity index (χ1) is 12.6. The van der Waals surface area contributed by atoms with Crippen molar-refractivity contribution in [2.24, 2.45) is 5.16 Å². The molecule has 0 bridgehead atoms. The molecule has 3 aromatic carbocycles. The Morgan fingerprint density at radius 3 is 2.62 bits per heavy atom. The maximum atomic E-state index is 12.2. The molecule has 26 heavy (non-hydrogen) atoms. The van der Waals surface area contributed by atoms with Gasteiger partial charge in [0, 0.05) is 17.7 Å². The number of nitro groups is 1. The average Bonchev–Trinajstić information content (AvgIpc) is 3.02. The van der Waals surface area contributed by atoms with Gasteiger partial charge in [0.1, 0.15) is 5.71 Å². The van der Waals surface area contributed by atoms with Crippen molar-refractivity contribution in [2.45, 2.75) is 0 Å². The van der Waals surface area contributed by atoms with E-state index < -0.39 is 10.9 Å². The van der Waals surface area contributed by atoms with Crippen molar-refractivity contribution in [1.29, 1.82) is 0 Å². The van der Waals surface area contributed by atoms with Gasteiger partial charge in [-0.05, 0) is 22.4 Å². The molecule has 4 rings (SSSR count). The highest BCUT2D eigenvalue weighted by atomic mass is 16.7. The fourth-order valence-corrected chi connectivity index (χ4v) is 2.93. The van der Waals surface area contributed by atoms with E-state index in [0.717, 1.165) is 16.3 Å². The van der Waals surface area contributed by atoms with Gasteiger partial charge < -0.3 is 4.84 Å². The third-order valence-corrected chi connectivity index (χ3v) is 4.13. The van der Waals surface area contributed by atoms with Gasteiger partial charge in [-0.3, -0.25) is 10.1 Å². The molecule has 3 aromatic rings. The summed E-state index contributed by atoms with van der Waals surface area (Å²) in [5, 5.41) is 16.9. The second-order valence-corrected chi connectivity index (χ2v) is 5.76. The van der Waals surface area contributed by atoms with Gasteiger partial charge in [0.15, 0.2) is 0 Å². The molecule has 0 amide bonds. The Morgan fingerprint density at radius 1 is 1.00 bits per heavy atom. The number of carbonyl (C=O) groups excluding carboxylic acids is 1. The van der Waals surface area contributed by atoms with E-state index in [1.165, 1.54) is 12.1 Å². The molecule has 0 spiro atoms. The van der Waals surface area contributed by atoms with Crippen molar-refractivity contribution in [1.82, 2.24) is 0 Å². The van der Waals surface area contributed by atoms with Crippen molar-refractivity contribution < 1.29 is 14.6 Å². The summed E-state index contributed by atoms with van der Waals surface area (Å²) in [5.41, 5.74) is 1.93. The number of benzene rings is 3. The van der Waals surface area contributed by atoms with Crippen molar-refractivity contribution in [2.75, 3.05) is 0 Å². The van der Waals surface area contributed by atoms with Crippen LogP contribution in [0.1, 0.15) is 11.1 Å². The van der Waals surface area contributed by atoms with Crippen LogP contribution in [0.5, 0.6) is 0 Å². The molecule has 1 aliphatic rings. The van der Waals surface area contributed by atoms with E-state index >= 15 is 0 Å².